The molecular formula is C20H25ClN4O2. The molecule has 0 unspecified atom stereocenters. The molecule has 1 atom stereocenters. The molecule has 27 heavy (non-hydrogen) atoms. The number of carbonyl (C=O) groups excluding carboxylic acids is 1. The normalized spacial score (nSPS) is 17.7. The van der Waals surface area contributed by atoms with Crippen LogP contribution in [0.4, 0.5) is 5.82 Å². The zero-order valence-corrected chi connectivity index (χ0v) is 16.9. The van der Waals surface area contributed by atoms with E-state index in [2.05, 4.69) is 21.8 Å². The number of anilines is 1. The lowest BCUT2D eigenvalue weighted by molar-refractivity contribution is -0.142. The first-order valence-electron chi connectivity index (χ1n) is 9.05. The Kier molecular flexibility index (Phi) is 5.56. The molecule has 0 N–H and O–H groups in total. The molecule has 7 heteroatoms. The standard InChI is InChI=1S/C20H25ClN4O2/c1-14-12-24(9-10-25(14)19(26)20(2,3)4)17-11-18(23-13-22-17)27-16-7-5-15(21)6-8-16/h5-8,11,13-14H,9-10,12H2,1-4H3/t14-/m1/s1. The highest BCUT2D eigenvalue weighted by atomic mass is 35.5. The van der Waals surface area contributed by atoms with Crippen molar-refractivity contribution in [2.75, 3.05) is 24.5 Å². The van der Waals surface area contributed by atoms with Crippen LogP contribution in [0.1, 0.15) is 27.7 Å². The number of hydrogen-bond acceptors (Lipinski definition) is 5. The van der Waals surface area contributed by atoms with E-state index in [0.29, 0.717) is 23.2 Å². The Morgan fingerprint density at radius 1 is 1.19 bits per heavy atom. The quantitative estimate of drug-likeness (QED) is 0.795. The van der Waals surface area contributed by atoms with Gasteiger partial charge in [0.15, 0.2) is 0 Å². The Bertz CT molecular complexity index is 804. The minimum atomic E-state index is -0.370. The summed E-state index contributed by atoms with van der Waals surface area (Å²) in [6.45, 7) is 10.1. The van der Waals surface area contributed by atoms with Crippen molar-refractivity contribution in [3.63, 3.8) is 0 Å². The summed E-state index contributed by atoms with van der Waals surface area (Å²) in [6, 6.07) is 9.06. The van der Waals surface area contributed by atoms with Crippen LogP contribution in [0.5, 0.6) is 11.6 Å². The molecule has 1 aromatic heterocycles. The lowest BCUT2D eigenvalue weighted by atomic mass is 9.93. The minimum Gasteiger partial charge on any atom is -0.439 e. The average molecular weight is 389 g/mol. The molecule has 1 amide bonds. The van der Waals surface area contributed by atoms with Gasteiger partial charge >= 0.3 is 0 Å². The number of aromatic nitrogens is 2. The first kappa shape index (κ1) is 19.4. The highest BCUT2D eigenvalue weighted by Crippen LogP contribution is 2.26. The van der Waals surface area contributed by atoms with Gasteiger partial charge in [-0.1, -0.05) is 32.4 Å². The van der Waals surface area contributed by atoms with Crippen LogP contribution in [0.3, 0.4) is 0 Å². The summed E-state index contributed by atoms with van der Waals surface area (Å²) >= 11 is 5.90. The Morgan fingerprint density at radius 2 is 1.89 bits per heavy atom. The summed E-state index contributed by atoms with van der Waals surface area (Å²) in [7, 11) is 0. The lowest BCUT2D eigenvalue weighted by Gasteiger charge is -2.42. The van der Waals surface area contributed by atoms with E-state index in [1.807, 2.05) is 31.7 Å². The van der Waals surface area contributed by atoms with Crippen molar-refractivity contribution in [2.24, 2.45) is 5.41 Å². The minimum absolute atomic E-state index is 0.112. The number of amides is 1. The lowest BCUT2D eigenvalue weighted by Crippen LogP contribution is -2.56. The fourth-order valence-electron chi connectivity index (χ4n) is 3.08. The molecule has 1 fully saturated rings. The van der Waals surface area contributed by atoms with Crippen LogP contribution in [0.25, 0.3) is 0 Å². The van der Waals surface area contributed by atoms with Crippen molar-refractivity contribution in [1.29, 1.82) is 0 Å². The van der Waals surface area contributed by atoms with E-state index in [-0.39, 0.29) is 17.4 Å². The number of rotatable bonds is 3. The van der Waals surface area contributed by atoms with Crippen molar-refractivity contribution in [3.8, 4) is 11.6 Å². The van der Waals surface area contributed by atoms with Gasteiger partial charge in [-0.15, -0.1) is 0 Å². The van der Waals surface area contributed by atoms with Crippen molar-refractivity contribution >= 4 is 23.3 Å². The van der Waals surface area contributed by atoms with Gasteiger partial charge in [0.05, 0.1) is 0 Å². The zero-order chi connectivity index (χ0) is 19.6. The first-order valence-corrected chi connectivity index (χ1v) is 9.43. The average Bonchev–Trinajstić information content (AvgIpc) is 2.62. The molecule has 6 nitrogen and oxygen atoms in total. The van der Waals surface area contributed by atoms with Crippen molar-refractivity contribution < 1.29 is 9.53 Å². The monoisotopic (exact) mass is 388 g/mol. The summed E-state index contributed by atoms with van der Waals surface area (Å²) in [5.41, 5.74) is -0.370. The second-order valence-corrected chi connectivity index (χ2v) is 8.25. The van der Waals surface area contributed by atoms with E-state index < -0.39 is 0 Å². The van der Waals surface area contributed by atoms with Gasteiger partial charge in [-0.2, -0.15) is 0 Å². The largest absolute Gasteiger partial charge is 0.439 e. The van der Waals surface area contributed by atoms with Gasteiger partial charge in [0.2, 0.25) is 11.8 Å². The second-order valence-electron chi connectivity index (χ2n) is 7.81. The highest BCUT2D eigenvalue weighted by Gasteiger charge is 2.34. The van der Waals surface area contributed by atoms with Gasteiger partial charge in [0, 0.05) is 42.2 Å². The highest BCUT2D eigenvalue weighted by molar-refractivity contribution is 6.30. The van der Waals surface area contributed by atoms with Crippen LogP contribution in [0, 0.1) is 5.41 Å². The second kappa shape index (κ2) is 7.72. The molecule has 2 aromatic rings. The smallest absolute Gasteiger partial charge is 0.228 e. The molecule has 1 saturated heterocycles. The maximum Gasteiger partial charge on any atom is 0.228 e. The summed E-state index contributed by atoms with van der Waals surface area (Å²) in [5.74, 6) is 2.12. The molecule has 0 bridgehead atoms. The Balaban J connectivity index is 1.69. The zero-order valence-electron chi connectivity index (χ0n) is 16.1. The molecule has 1 aliphatic heterocycles. The molecule has 2 heterocycles. The molecule has 1 aromatic carbocycles. The van der Waals surface area contributed by atoms with Gasteiger partial charge in [0.25, 0.3) is 0 Å². The number of halogens is 1. The summed E-state index contributed by atoms with van der Waals surface area (Å²) in [4.78, 5) is 25.3. The van der Waals surface area contributed by atoms with Crippen molar-refractivity contribution in [2.45, 2.75) is 33.7 Å². The number of piperazine rings is 1. The summed E-state index contributed by atoms with van der Waals surface area (Å²) < 4.78 is 5.79. The van der Waals surface area contributed by atoms with Crippen LogP contribution in [-0.2, 0) is 4.79 Å². The molecule has 0 aliphatic carbocycles. The topological polar surface area (TPSA) is 58.6 Å². The maximum atomic E-state index is 12.6. The van der Waals surface area contributed by atoms with Gasteiger partial charge < -0.3 is 14.5 Å². The molecule has 144 valence electrons. The van der Waals surface area contributed by atoms with Crippen LogP contribution >= 0.6 is 11.6 Å². The van der Waals surface area contributed by atoms with E-state index in [9.17, 15) is 4.79 Å². The van der Waals surface area contributed by atoms with Crippen molar-refractivity contribution in [3.05, 3.63) is 41.7 Å². The molecule has 0 saturated carbocycles. The van der Waals surface area contributed by atoms with Crippen molar-refractivity contribution in [1.82, 2.24) is 14.9 Å². The van der Waals surface area contributed by atoms with E-state index in [1.165, 1.54) is 6.33 Å². The van der Waals surface area contributed by atoms with Gasteiger partial charge in [0.1, 0.15) is 17.9 Å². The van der Waals surface area contributed by atoms with E-state index in [4.69, 9.17) is 16.3 Å². The van der Waals surface area contributed by atoms with Crippen LogP contribution in [0.15, 0.2) is 36.7 Å². The molecule has 0 radical (unpaired) electrons. The third-order valence-corrected chi connectivity index (χ3v) is 4.77. The number of carbonyl (C=O) groups is 1. The number of nitrogens with zero attached hydrogens (tertiary/aromatic N) is 4. The van der Waals surface area contributed by atoms with Gasteiger partial charge in [-0.05, 0) is 31.2 Å². The molecular weight excluding hydrogens is 364 g/mol. The summed E-state index contributed by atoms with van der Waals surface area (Å²) in [6.07, 6.45) is 1.50. The van der Waals surface area contributed by atoms with E-state index >= 15 is 0 Å². The van der Waals surface area contributed by atoms with E-state index in [1.54, 1.807) is 24.3 Å². The third kappa shape index (κ3) is 4.69. The SMILES string of the molecule is C[C@@H]1CN(c2cc(Oc3ccc(Cl)cc3)ncn2)CCN1C(=O)C(C)(C)C. The van der Waals surface area contributed by atoms with Gasteiger partial charge in [-0.3, -0.25) is 4.79 Å². The van der Waals surface area contributed by atoms with Gasteiger partial charge in [-0.25, -0.2) is 9.97 Å². The predicted molar refractivity (Wildman–Crippen MR) is 106 cm³/mol. The number of ether oxygens (including phenoxy) is 1. The Morgan fingerprint density at radius 3 is 2.52 bits per heavy atom. The molecule has 1 aliphatic rings. The fraction of sp³-hybridized carbons (Fsp3) is 0.450. The number of hydrogen-bond donors (Lipinski definition) is 0. The maximum absolute atomic E-state index is 12.6. The molecule has 3 rings (SSSR count). The van der Waals surface area contributed by atoms with E-state index in [0.717, 1.165) is 18.9 Å². The molecule has 0 spiro atoms. The fourth-order valence-corrected chi connectivity index (χ4v) is 3.21. The number of benzene rings is 1. The summed E-state index contributed by atoms with van der Waals surface area (Å²) in [5, 5.41) is 0.655. The van der Waals surface area contributed by atoms with Crippen LogP contribution < -0.4 is 9.64 Å². The first-order chi connectivity index (χ1) is 12.7. The van der Waals surface area contributed by atoms with Crippen LogP contribution in [-0.4, -0.2) is 46.5 Å². The predicted octanol–water partition coefficient (Wildman–Crippen LogP) is 4.01. The third-order valence-electron chi connectivity index (χ3n) is 4.52. The Hall–Kier alpha value is -2.34. The Labute approximate surface area is 165 Å². The van der Waals surface area contributed by atoms with Crippen LogP contribution in [0.2, 0.25) is 5.02 Å².